The maximum atomic E-state index is 12.5. The molecule has 0 atom stereocenters. The van der Waals surface area contributed by atoms with Gasteiger partial charge < -0.3 is 134 Å². The molecule has 0 bridgehead atoms. The number of aromatic nitrogens is 8. The third kappa shape index (κ3) is 52.3. The van der Waals surface area contributed by atoms with Crippen molar-refractivity contribution in [1.82, 2.24) is 39.9 Å². The third-order valence-corrected chi connectivity index (χ3v) is 12.0. The van der Waals surface area contributed by atoms with Crippen LogP contribution in [0.25, 0.3) is 45.6 Å². The van der Waals surface area contributed by atoms with Crippen LogP contribution in [0.3, 0.4) is 0 Å². The molecule has 0 saturated heterocycles. The van der Waals surface area contributed by atoms with Crippen LogP contribution in [0.2, 0.25) is 0 Å². The predicted octanol–water partition coefficient (Wildman–Crippen LogP) is 7.72. The summed E-state index contributed by atoms with van der Waals surface area (Å²) in [6, 6.07) is 49.9. The first-order chi connectivity index (χ1) is 59.1. The van der Waals surface area contributed by atoms with Crippen LogP contribution >= 0.6 is 0 Å². The van der Waals surface area contributed by atoms with Crippen LogP contribution in [-0.2, 0) is 101 Å². The number of hydrogen-bond acceptors (Lipinski definition) is 30. The van der Waals surface area contributed by atoms with Crippen LogP contribution in [-0.4, -0.2) is 84.1 Å². The Balaban J connectivity index is -0.000000124. The van der Waals surface area contributed by atoms with Crippen molar-refractivity contribution in [3.63, 3.8) is 0 Å². The Bertz CT molecular complexity index is 4730. The van der Waals surface area contributed by atoms with Crippen molar-refractivity contribution >= 4 is 23.9 Å². The topological polar surface area (TPSA) is 765 Å². The summed E-state index contributed by atoms with van der Waals surface area (Å²) in [5, 5.41) is 114. The molecule has 0 aliphatic heterocycles. The van der Waals surface area contributed by atoms with E-state index in [0.717, 1.165) is 45.6 Å². The summed E-state index contributed by atoms with van der Waals surface area (Å²) >= 11 is 0. The zero-order chi connectivity index (χ0) is 96.8. The number of nitriles is 2. The van der Waals surface area contributed by atoms with E-state index in [1.165, 1.54) is 13.8 Å². The number of halogens is 20. The van der Waals surface area contributed by atoms with Gasteiger partial charge in [-0.2, -0.15) is 10.5 Å². The first-order valence-corrected chi connectivity index (χ1v) is 31.2. The number of pyridine rings is 8. The Morgan fingerprint density at radius 3 is 0.360 bits per heavy atom. The molecule has 64 heteroatoms. The summed E-state index contributed by atoms with van der Waals surface area (Å²) < 4.78 is 248. The molecular weight excluding hydrogens is 2080 g/mol. The molecule has 4 aromatic carbocycles. The van der Waals surface area contributed by atoms with Crippen LogP contribution in [0.15, 0.2) is 195 Å². The minimum absolute atomic E-state index is 0. The van der Waals surface area contributed by atoms with Crippen LogP contribution in [0.1, 0.15) is 55.3 Å². The summed E-state index contributed by atoms with van der Waals surface area (Å²) in [6.45, 7) is 2.86. The summed E-state index contributed by atoms with van der Waals surface area (Å²) in [5.74, 6) is -57.4. The monoisotopic (exact) mass is 2130 g/mol. The third-order valence-electron chi connectivity index (χ3n) is 12.0. The van der Waals surface area contributed by atoms with E-state index in [4.69, 9.17) is 71.8 Å². The minimum atomic E-state index is -2.47. The van der Waals surface area contributed by atoms with Crippen molar-refractivity contribution in [1.29, 1.82) is 10.5 Å². The molecule has 12 rings (SSSR count). The van der Waals surface area contributed by atoms with Gasteiger partial charge >= 0.3 is 68.3 Å². The number of nitrogens with zero attached hydrogens (tertiary/aromatic N) is 14. The van der Waals surface area contributed by atoms with Crippen LogP contribution in [0, 0.1) is 200 Å². The summed E-state index contributed by atoms with van der Waals surface area (Å²) in [6.07, 6.45) is 14.1. The molecule has 0 radical (unpaired) electrons. The van der Waals surface area contributed by atoms with E-state index < -0.39 is 183 Å². The average molecular weight is 2130 g/mol. The van der Waals surface area contributed by atoms with Crippen molar-refractivity contribution < 1.29 is 249 Å². The summed E-state index contributed by atoms with van der Waals surface area (Å²) in [7, 11) is 0. The number of carbonyl (C=O) groups is 4. The zero-order valence-electron chi connectivity index (χ0n) is 66.1. The molecule has 0 fully saturated rings. The molecule has 728 valence electrons. The number of hydrogen-bond donors (Lipinski definition) is 0. The fourth-order valence-corrected chi connectivity index (χ4v) is 7.25. The molecule has 0 unspecified atom stereocenters. The van der Waals surface area contributed by atoms with Gasteiger partial charge in [-0.15, -0.1) is 0 Å². The van der Waals surface area contributed by atoms with Gasteiger partial charge in [-0.3, -0.25) is 39.9 Å². The average Bonchev–Trinajstić information content (AvgIpc) is 0.805. The van der Waals surface area contributed by atoms with Crippen molar-refractivity contribution in [2.75, 3.05) is 0 Å². The molecule has 12 aromatic rings. The number of aromatic carboxylic acids is 4. The molecule has 8 heterocycles. The molecule has 12 N–H and O–H groups in total. The molecule has 0 amide bonds. The largest absolute Gasteiger partial charge is 3.00 e. The first-order valence-electron chi connectivity index (χ1n) is 31.2. The standard InChI is InChI=1S/4C10H8N2.4C7HF5O2.2C2H3N.4Mn.4NO3.4H2O.2O/c4*1-3-7-11-9(5-1)10-6-2-4-8-12-10;4*8-2-1(7(13)14)3(9)5(11)6(12)4(2)10;2*1-2-3;;;;;4*2-1(3)4;;;;;;/h4*1-8H;4*(H,13,14);2*1H3;;;;;;;;;4*1H2;;/q;;;;;;;;;;4*+3;4*-1;;;;;2*-2. The van der Waals surface area contributed by atoms with E-state index in [0.29, 0.717) is 0 Å². The van der Waals surface area contributed by atoms with Gasteiger partial charge in [0, 0.05) is 63.4 Å². The number of carbonyl (C=O) groups excluding carboxylic acids is 4. The van der Waals surface area contributed by atoms with Gasteiger partial charge in [-0.25, -0.2) is 87.8 Å². The van der Waals surface area contributed by atoms with Crippen LogP contribution in [0.5, 0.6) is 0 Å². The second kappa shape index (κ2) is 77.9. The second-order valence-corrected chi connectivity index (χ2v) is 20.0. The van der Waals surface area contributed by atoms with Gasteiger partial charge in [-0.05, 0) is 97.1 Å². The maximum absolute atomic E-state index is 12.5. The van der Waals surface area contributed by atoms with E-state index in [1.807, 2.05) is 146 Å². The van der Waals surface area contributed by atoms with E-state index in [1.54, 1.807) is 61.7 Å². The number of rotatable bonds is 8. The van der Waals surface area contributed by atoms with E-state index in [9.17, 15) is 127 Å². The zero-order valence-corrected chi connectivity index (χ0v) is 70.8. The molecule has 136 heavy (non-hydrogen) atoms. The van der Waals surface area contributed by atoms with Crippen LogP contribution < -0.4 is 20.4 Å². The Morgan fingerprint density at radius 1 is 0.228 bits per heavy atom. The van der Waals surface area contributed by atoms with Crippen LogP contribution in [0.4, 0.5) is 87.8 Å². The minimum Gasteiger partial charge on any atom is -2.00 e. The SMILES string of the molecule is CC#N.CC#N.O=C([O-])c1c(F)c(F)c(F)c(F)c1F.O=C([O-])c1c(F)c(F)c(F)c(F)c1F.O=C([O-])c1c(F)c(F)c(F)c(F)c1F.O=C([O-])c1c(F)c(F)c(F)c(F)c1F.O=[N+]([O-])[O-].O=[N+]([O-])[O-].O=[N+]([O-])[O-].O=[N+]([O-])[O-].[Mn+3].[Mn+3].[Mn+3].[Mn+3].[O-2].[O-2].[OH3+].[OH3+].[OH3+].[OH3+].c1ccc(-c2ccccn2)nc1.c1ccc(-c2ccccn2)nc1.c1ccc(-c2ccccn2)nc1.c1ccc(-c2ccccn2)nc1. The van der Waals surface area contributed by atoms with Gasteiger partial charge in [0.2, 0.25) is 23.3 Å². The van der Waals surface area contributed by atoms with Gasteiger partial charge in [0.05, 0.1) is 124 Å². The fraction of sp³-hybridized carbons (Fsp3) is 0.0278. The van der Waals surface area contributed by atoms with E-state index in [2.05, 4.69) is 39.9 Å². The molecule has 0 spiro atoms. The van der Waals surface area contributed by atoms with Crippen molar-refractivity contribution in [2.24, 2.45) is 0 Å². The molecule has 0 aliphatic rings. The Morgan fingerprint density at radius 2 is 0.301 bits per heavy atom. The summed E-state index contributed by atoms with van der Waals surface area (Å²) in [5.41, 5.74) is -0.564. The quantitative estimate of drug-likeness (QED) is 0.0267. The van der Waals surface area contributed by atoms with Crippen molar-refractivity contribution in [3.8, 4) is 57.7 Å². The van der Waals surface area contributed by atoms with Gasteiger partial charge in [0.25, 0.3) is 0 Å². The molecule has 40 nitrogen and oxygen atoms in total. The number of benzene rings is 4. The normalized spacial score (nSPS) is 8.50. The van der Waals surface area contributed by atoms with Crippen molar-refractivity contribution in [2.45, 2.75) is 13.8 Å². The number of carboxylic acids is 4. The molecule has 0 saturated carbocycles. The second-order valence-electron chi connectivity index (χ2n) is 20.0. The van der Waals surface area contributed by atoms with E-state index >= 15 is 0 Å². The predicted molar refractivity (Wildman–Crippen MR) is 397 cm³/mol. The smallest absolute Gasteiger partial charge is 2.00 e. The fourth-order valence-electron chi connectivity index (χ4n) is 7.25. The Labute approximate surface area is 786 Å². The number of carboxylic acid groups (broad SMARTS) is 4. The molecule has 8 aromatic heterocycles. The molecular formula is C72H50F20Mn4N14O26+4. The Kier molecular flexibility index (Phi) is 83.5. The maximum Gasteiger partial charge on any atom is 3.00 e. The van der Waals surface area contributed by atoms with Gasteiger partial charge in [0.15, 0.2) is 93.1 Å². The summed E-state index contributed by atoms with van der Waals surface area (Å²) in [4.78, 5) is 107. The van der Waals surface area contributed by atoms with Gasteiger partial charge in [0.1, 0.15) is 0 Å². The van der Waals surface area contributed by atoms with E-state index in [-0.39, 0.29) is 101 Å². The van der Waals surface area contributed by atoms with Gasteiger partial charge in [-0.1, -0.05) is 48.5 Å². The van der Waals surface area contributed by atoms with Crippen molar-refractivity contribution in [3.05, 3.63) is 395 Å². The first kappa shape index (κ1) is 146. The Hall–Kier alpha value is -15.8. The molecule has 0 aliphatic carbocycles.